The van der Waals surface area contributed by atoms with Gasteiger partial charge in [0.25, 0.3) is 0 Å². The predicted octanol–water partition coefficient (Wildman–Crippen LogP) is 1.93. The first-order valence-corrected chi connectivity index (χ1v) is 6.52. The maximum absolute atomic E-state index is 11.9. The Balaban J connectivity index is 2.36. The maximum Gasteiger partial charge on any atom is 0.331 e. The second-order valence-corrected chi connectivity index (χ2v) is 4.61. The second kappa shape index (κ2) is 7.67. The number of carbonyl (C=O) groups is 2. The summed E-state index contributed by atoms with van der Waals surface area (Å²) in [7, 11) is 0. The number of carbonyl (C=O) groups excluding carboxylic acids is 2. The van der Waals surface area contributed by atoms with E-state index in [1.165, 1.54) is 0 Å². The van der Waals surface area contributed by atoms with Gasteiger partial charge in [0.1, 0.15) is 0 Å². The van der Waals surface area contributed by atoms with E-state index in [4.69, 9.17) is 21.1 Å². The summed E-state index contributed by atoms with van der Waals surface area (Å²) in [5, 5.41) is -1.16. The molecule has 0 aromatic rings. The summed E-state index contributed by atoms with van der Waals surface area (Å²) >= 11 is 5.83. The minimum Gasteiger partial charge on any atom is -0.464 e. The minimum absolute atomic E-state index is 0.162. The summed E-state index contributed by atoms with van der Waals surface area (Å²) in [4.78, 5) is 23.4. The Hall–Kier alpha value is -0.610. The molecule has 0 amide bonds. The molecule has 5 heteroatoms. The average Bonchev–Trinajstić information content (AvgIpc) is 2.38. The van der Waals surface area contributed by atoms with Crippen molar-refractivity contribution in [2.45, 2.75) is 38.0 Å². The highest BCUT2D eigenvalue weighted by Gasteiger charge is 2.32. The van der Waals surface area contributed by atoms with E-state index in [1.807, 2.05) is 6.92 Å². The highest BCUT2D eigenvalue weighted by Crippen LogP contribution is 2.20. The predicted molar refractivity (Wildman–Crippen MR) is 64.1 cm³/mol. The van der Waals surface area contributed by atoms with Crippen LogP contribution in [0.2, 0.25) is 0 Å². The largest absolute Gasteiger partial charge is 0.464 e. The van der Waals surface area contributed by atoms with E-state index < -0.39 is 11.3 Å². The Kier molecular flexibility index (Phi) is 6.52. The van der Waals surface area contributed by atoms with Crippen molar-refractivity contribution in [3.63, 3.8) is 0 Å². The maximum atomic E-state index is 11.9. The van der Waals surface area contributed by atoms with Crippen LogP contribution < -0.4 is 0 Å². The first-order chi connectivity index (χ1) is 8.16. The fourth-order valence-electron chi connectivity index (χ4n) is 1.70. The molecule has 0 aliphatic carbocycles. The number of alkyl halides is 1. The average molecular weight is 263 g/mol. The lowest BCUT2D eigenvalue weighted by Crippen LogP contribution is -2.35. The van der Waals surface area contributed by atoms with E-state index in [9.17, 15) is 9.59 Å². The van der Waals surface area contributed by atoms with Gasteiger partial charge in [0.05, 0.1) is 6.61 Å². The summed E-state index contributed by atoms with van der Waals surface area (Å²) in [6.07, 6.45) is 3.02. The van der Waals surface area contributed by atoms with E-state index in [1.54, 1.807) is 0 Å². The van der Waals surface area contributed by atoms with Gasteiger partial charge >= 0.3 is 5.97 Å². The van der Waals surface area contributed by atoms with Gasteiger partial charge < -0.3 is 9.47 Å². The van der Waals surface area contributed by atoms with Crippen molar-refractivity contribution in [3.8, 4) is 0 Å². The summed E-state index contributed by atoms with van der Waals surface area (Å²) in [6.45, 7) is 3.45. The lowest BCUT2D eigenvalue weighted by atomic mass is 9.93. The third-order valence-electron chi connectivity index (χ3n) is 2.82. The van der Waals surface area contributed by atoms with E-state index >= 15 is 0 Å². The topological polar surface area (TPSA) is 52.6 Å². The zero-order valence-corrected chi connectivity index (χ0v) is 10.9. The summed E-state index contributed by atoms with van der Waals surface area (Å²) in [5.41, 5.74) is 0. The van der Waals surface area contributed by atoms with E-state index in [0.29, 0.717) is 32.7 Å². The molecule has 1 unspecified atom stereocenters. The molecule has 17 heavy (non-hydrogen) atoms. The summed E-state index contributed by atoms with van der Waals surface area (Å²) in [5.74, 6) is -1.00. The van der Waals surface area contributed by atoms with Crippen LogP contribution in [0.5, 0.6) is 0 Å². The molecule has 1 heterocycles. The van der Waals surface area contributed by atoms with Crippen LogP contribution in [0.4, 0.5) is 0 Å². The molecule has 0 aromatic heterocycles. The van der Waals surface area contributed by atoms with Gasteiger partial charge in [-0.3, -0.25) is 4.79 Å². The van der Waals surface area contributed by atoms with Crippen molar-refractivity contribution in [1.29, 1.82) is 0 Å². The molecule has 1 rings (SSSR count). The first-order valence-electron chi connectivity index (χ1n) is 6.09. The van der Waals surface area contributed by atoms with Gasteiger partial charge in [-0.1, -0.05) is 13.3 Å². The Morgan fingerprint density at radius 1 is 1.41 bits per heavy atom. The standard InChI is InChI=1S/C12H19ClO4/c1-2-3-6-17-12(15)10(13)11(14)9-4-7-16-8-5-9/h9-10H,2-8H2,1H3. The summed E-state index contributed by atoms with van der Waals surface area (Å²) < 4.78 is 10.1. The monoisotopic (exact) mass is 262 g/mol. The number of ether oxygens (including phenoxy) is 2. The van der Waals surface area contributed by atoms with Crippen molar-refractivity contribution in [2.24, 2.45) is 5.92 Å². The van der Waals surface area contributed by atoms with Gasteiger partial charge in [-0.2, -0.15) is 0 Å². The van der Waals surface area contributed by atoms with Crippen LogP contribution in [-0.4, -0.2) is 37.0 Å². The van der Waals surface area contributed by atoms with Crippen LogP contribution in [0.1, 0.15) is 32.6 Å². The van der Waals surface area contributed by atoms with Gasteiger partial charge in [-0.15, -0.1) is 11.6 Å². The molecule has 0 N–H and O–H groups in total. The molecule has 0 radical (unpaired) electrons. The molecular weight excluding hydrogens is 244 g/mol. The molecule has 0 aromatic carbocycles. The highest BCUT2D eigenvalue weighted by atomic mass is 35.5. The fraction of sp³-hybridized carbons (Fsp3) is 0.833. The van der Waals surface area contributed by atoms with Crippen LogP contribution in [0.25, 0.3) is 0 Å². The molecule has 98 valence electrons. The van der Waals surface area contributed by atoms with Gasteiger partial charge in [0.15, 0.2) is 11.2 Å². The molecule has 0 spiro atoms. The third-order valence-corrected chi connectivity index (χ3v) is 3.22. The number of halogens is 1. The van der Waals surface area contributed by atoms with E-state index in [-0.39, 0.29) is 11.7 Å². The van der Waals surface area contributed by atoms with Gasteiger partial charge in [-0.05, 0) is 19.3 Å². The van der Waals surface area contributed by atoms with Crippen molar-refractivity contribution in [1.82, 2.24) is 0 Å². The highest BCUT2D eigenvalue weighted by molar-refractivity contribution is 6.41. The van der Waals surface area contributed by atoms with Crippen molar-refractivity contribution >= 4 is 23.4 Å². The molecule has 0 bridgehead atoms. The normalized spacial score (nSPS) is 18.7. The van der Waals surface area contributed by atoms with Crippen LogP contribution in [0, 0.1) is 5.92 Å². The second-order valence-electron chi connectivity index (χ2n) is 4.17. The first kappa shape index (κ1) is 14.5. The zero-order valence-electron chi connectivity index (χ0n) is 10.1. The zero-order chi connectivity index (χ0) is 12.7. The summed E-state index contributed by atoms with van der Waals surface area (Å²) in [6, 6.07) is 0. The molecular formula is C12H19ClO4. The number of Topliss-reactive ketones (excluding diaryl/α,β-unsaturated/α-hetero) is 1. The number of ketones is 1. The van der Waals surface area contributed by atoms with Crippen LogP contribution in [0.3, 0.4) is 0 Å². The molecule has 1 aliphatic rings. The van der Waals surface area contributed by atoms with Crippen LogP contribution in [-0.2, 0) is 19.1 Å². The fourth-order valence-corrected chi connectivity index (χ4v) is 1.94. The van der Waals surface area contributed by atoms with Crippen LogP contribution >= 0.6 is 11.6 Å². The SMILES string of the molecule is CCCCOC(=O)C(Cl)C(=O)C1CCOCC1. The van der Waals surface area contributed by atoms with Crippen molar-refractivity contribution in [2.75, 3.05) is 19.8 Å². The Labute approximate surface area is 107 Å². The quantitative estimate of drug-likeness (QED) is 0.318. The molecule has 1 aliphatic heterocycles. The van der Waals surface area contributed by atoms with Crippen molar-refractivity contribution in [3.05, 3.63) is 0 Å². The Morgan fingerprint density at radius 2 is 2.06 bits per heavy atom. The molecule has 0 saturated carbocycles. The number of hydrogen-bond acceptors (Lipinski definition) is 4. The van der Waals surface area contributed by atoms with Gasteiger partial charge in [0, 0.05) is 19.1 Å². The molecule has 1 atom stereocenters. The number of hydrogen-bond donors (Lipinski definition) is 0. The minimum atomic E-state index is -1.16. The number of esters is 1. The van der Waals surface area contributed by atoms with Crippen molar-refractivity contribution < 1.29 is 19.1 Å². The van der Waals surface area contributed by atoms with Gasteiger partial charge in [0.2, 0.25) is 0 Å². The Morgan fingerprint density at radius 3 is 2.65 bits per heavy atom. The molecule has 1 fully saturated rings. The van der Waals surface area contributed by atoms with E-state index in [2.05, 4.69) is 0 Å². The van der Waals surface area contributed by atoms with E-state index in [0.717, 1.165) is 12.8 Å². The lowest BCUT2D eigenvalue weighted by molar-refractivity contribution is -0.146. The number of unbranched alkanes of at least 4 members (excludes halogenated alkanes) is 1. The molecule has 1 saturated heterocycles. The lowest BCUT2D eigenvalue weighted by Gasteiger charge is -2.22. The smallest absolute Gasteiger partial charge is 0.331 e. The molecule has 4 nitrogen and oxygen atoms in total. The van der Waals surface area contributed by atoms with Gasteiger partial charge in [-0.25, -0.2) is 4.79 Å². The Bertz CT molecular complexity index is 261. The third kappa shape index (κ3) is 4.64. The number of rotatable bonds is 6. The van der Waals surface area contributed by atoms with Crippen LogP contribution in [0.15, 0.2) is 0 Å².